The molecular weight excluding hydrogens is 586 g/mol. The van der Waals surface area contributed by atoms with Gasteiger partial charge in [-0.2, -0.15) is 5.01 Å². The quantitative estimate of drug-likeness (QED) is 0.0476. The van der Waals surface area contributed by atoms with E-state index in [4.69, 9.17) is 22.7 Å². The second-order valence-electron chi connectivity index (χ2n) is 9.21. The monoisotopic (exact) mass is 615 g/mol. The van der Waals surface area contributed by atoms with Crippen LogP contribution < -0.4 is 26.6 Å². The molecule has 0 spiro atoms. The third kappa shape index (κ3) is 7.45. The molecule has 0 aliphatic carbocycles. The number of nitroso groups, excluding NO2 is 1. The van der Waals surface area contributed by atoms with Crippen LogP contribution in [-0.2, 0) is 25.9 Å². The van der Waals surface area contributed by atoms with Crippen LogP contribution in [0.2, 0.25) is 0 Å². The Morgan fingerprint density at radius 2 is 1.58 bits per heavy atom. The number of hydrogen-bond donors (Lipinski definition) is 5. The average Bonchev–Trinajstić information content (AvgIpc) is 3.62. The summed E-state index contributed by atoms with van der Waals surface area (Å²) in [6.45, 7) is -0.213. The van der Waals surface area contributed by atoms with E-state index in [0.29, 0.717) is 22.0 Å². The molecule has 0 aliphatic heterocycles. The van der Waals surface area contributed by atoms with Gasteiger partial charge in [-0.1, -0.05) is 0 Å². The van der Waals surface area contributed by atoms with E-state index < -0.39 is 23.8 Å². The van der Waals surface area contributed by atoms with E-state index in [1.165, 1.54) is 64.6 Å². The fourth-order valence-corrected chi connectivity index (χ4v) is 4.23. The maximum absolute atomic E-state index is 13.8. The highest BCUT2D eigenvalue weighted by atomic mass is 35.5. The molecule has 0 aliphatic rings. The van der Waals surface area contributed by atoms with Crippen LogP contribution in [0.5, 0.6) is 0 Å². The summed E-state index contributed by atoms with van der Waals surface area (Å²) >= 11 is 5.72. The van der Waals surface area contributed by atoms with Crippen LogP contribution in [0.1, 0.15) is 37.9 Å². The number of aromatic nitrogens is 3. The number of alkyl halides is 1. The zero-order chi connectivity index (χ0) is 31.8. The number of hydrogen-bond acceptors (Lipinski definition) is 8. The number of amides is 6. The van der Waals surface area contributed by atoms with Crippen LogP contribution in [0.25, 0.3) is 0 Å². The Bertz CT molecular complexity index is 1570. The molecule has 0 aromatic carbocycles. The lowest BCUT2D eigenvalue weighted by molar-refractivity contribution is -0.105. The summed E-state index contributed by atoms with van der Waals surface area (Å²) < 4.78 is 4.23. The zero-order valence-electron chi connectivity index (χ0n) is 23.5. The van der Waals surface area contributed by atoms with Crippen molar-refractivity contribution in [1.82, 2.24) is 24.0 Å². The molecule has 0 radical (unpaired) electrons. The number of amidine groups is 1. The topological polar surface area (TPSA) is 222 Å². The summed E-state index contributed by atoms with van der Waals surface area (Å²) in [5.41, 5.74) is 6.10. The van der Waals surface area contributed by atoms with Crippen molar-refractivity contribution >= 4 is 64.7 Å². The molecule has 3 rings (SSSR count). The smallest absolute Gasteiger partial charge is 0.354 e. The number of halogens is 1. The van der Waals surface area contributed by atoms with Crippen LogP contribution in [0.3, 0.4) is 0 Å². The minimum absolute atomic E-state index is 0.0526. The normalized spacial score (nSPS) is 10.5. The number of carbonyl (C=O) groups is 5. The number of nitrogens with two attached hydrogens (primary N) is 1. The number of rotatable bonds is 13. The first kappa shape index (κ1) is 32.1. The van der Waals surface area contributed by atoms with Crippen molar-refractivity contribution in [1.29, 1.82) is 5.41 Å². The number of aryl methyl sites for hydroxylation is 3. The lowest BCUT2D eigenvalue weighted by Gasteiger charge is -2.23. The molecule has 0 bridgehead atoms. The molecular formula is C25H30ClN11O6. The molecule has 0 fully saturated rings. The highest BCUT2D eigenvalue weighted by Crippen LogP contribution is 2.25. The van der Waals surface area contributed by atoms with Gasteiger partial charge >= 0.3 is 6.03 Å². The summed E-state index contributed by atoms with van der Waals surface area (Å²) in [7, 11) is 4.63. The first-order valence-electron chi connectivity index (χ1n) is 12.6. The molecule has 6 N–H and O–H groups in total. The van der Waals surface area contributed by atoms with Gasteiger partial charge < -0.3 is 35.4 Å². The number of nitrogens with one attached hydrogen (secondary N) is 4. The number of imide groups is 1. The van der Waals surface area contributed by atoms with Crippen LogP contribution in [-0.4, -0.2) is 73.7 Å². The van der Waals surface area contributed by atoms with Crippen molar-refractivity contribution in [3.8, 4) is 0 Å². The summed E-state index contributed by atoms with van der Waals surface area (Å²) in [6.07, 6.45) is 4.92. The molecule has 3 aromatic heterocycles. The largest absolute Gasteiger partial charge is 0.388 e. The molecule has 3 heterocycles. The van der Waals surface area contributed by atoms with E-state index in [-0.39, 0.29) is 59.7 Å². The van der Waals surface area contributed by atoms with E-state index in [2.05, 4.69) is 21.2 Å². The second kappa shape index (κ2) is 13.9. The Balaban J connectivity index is 1.95. The van der Waals surface area contributed by atoms with Gasteiger partial charge in [-0.25, -0.2) is 9.69 Å². The van der Waals surface area contributed by atoms with Crippen molar-refractivity contribution in [3.63, 3.8) is 0 Å². The average molecular weight is 616 g/mol. The molecule has 6 amide bonds. The van der Waals surface area contributed by atoms with Gasteiger partial charge in [-0.3, -0.25) is 24.6 Å². The second-order valence-corrected chi connectivity index (χ2v) is 9.59. The van der Waals surface area contributed by atoms with Crippen molar-refractivity contribution in [2.75, 3.05) is 34.5 Å². The minimum atomic E-state index is -1.12. The lowest BCUT2D eigenvalue weighted by Crippen LogP contribution is -2.45. The van der Waals surface area contributed by atoms with E-state index in [1.54, 1.807) is 7.05 Å². The molecule has 3 aromatic rings. The van der Waals surface area contributed by atoms with Crippen LogP contribution >= 0.6 is 11.6 Å². The number of nitrogens with zero attached hydrogens (tertiary/aromatic N) is 6. The first-order chi connectivity index (χ1) is 20.4. The fraction of sp³-hybridized carbons (Fsp3) is 0.280. The van der Waals surface area contributed by atoms with E-state index in [9.17, 15) is 28.9 Å². The Hall–Kier alpha value is -5.45. The van der Waals surface area contributed by atoms with E-state index >= 15 is 0 Å². The van der Waals surface area contributed by atoms with Gasteiger partial charge in [0.05, 0.1) is 34.7 Å². The van der Waals surface area contributed by atoms with Crippen molar-refractivity contribution < 1.29 is 24.0 Å². The summed E-state index contributed by atoms with van der Waals surface area (Å²) in [5.74, 6) is -2.26. The van der Waals surface area contributed by atoms with Crippen molar-refractivity contribution in [3.05, 3.63) is 58.8 Å². The predicted molar refractivity (Wildman–Crippen MR) is 158 cm³/mol. The maximum Gasteiger partial charge on any atom is 0.354 e. The van der Waals surface area contributed by atoms with Gasteiger partial charge in [0, 0.05) is 58.6 Å². The minimum Gasteiger partial charge on any atom is -0.388 e. The molecule has 228 valence electrons. The molecule has 17 nitrogen and oxygen atoms in total. The number of carbonyl (C=O) groups excluding carboxylic acids is 5. The zero-order valence-corrected chi connectivity index (χ0v) is 24.2. The third-order valence-electron chi connectivity index (χ3n) is 6.12. The van der Waals surface area contributed by atoms with Gasteiger partial charge in [0.15, 0.2) is 0 Å². The molecule has 0 atom stereocenters. The molecule has 0 unspecified atom stereocenters. The summed E-state index contributed by atoms with van der Waals surface area (Å²) in [5, 5.41) is 18.2. The number of urea groups is 1. The van der Waals surface area contributed by atoms with E-state index in [1.807, 2.05) is 0 Å². The first-order valence-corrected chi connectivity index (χ1v) is 13.1. The molecule has 0 saturated heterocycles. The summed E-state index contributed by atoms with van der Waals surface area (Å²) in [4.78, 5) is 75.7. The molecule has 43 heavy (non-hydrogen) atoms. The van der Waals surface area contributed by atoms with Gasteiger partial charge in [-0.05, 0) is 18.2 Å². The summed E-state index contributed by atoms with van der Waals surface area (Å²) in [6, 6.07) is 2.93. The fourth-order valence-electron chi connectivity index (χ4n) is 4.07. The number of anilines is 3. The molecule has 18 heteroatoms. The maximum atomic E-state index is 13.8. The van der Waals surface area contributed by atoms with Crippen molar-refractivity contribution in [2.24, 2.45) is 32.2 Å². The van der Waals surface area contributed by atoms with Crippen LogP contribution in [0, 0.1) is 10.3 Å². The van der Waals surface area contributed by atoms with Crippen molar-refractivity contribution in [2.45, 2.75) is 6.42 Å². The predicted octanol–water partition coefficient (Wildman–Crippen LogP) is 1.57. The van der Waals surface area contributed by atoms with Crippen LogP contribution in [0.4, 0.5) is 21.9 Å². The highest BCUT2D eigenvalue weighted by Gasteiger charge is 2.33. The van der Waals surface area contributed by atoms with Gasteiger partial charge in [0.25, 0.3) is 17.7 Å². The Morgan fingerprint density at radius 3 is 2.21 bits per heavy atom. The standard InChI is InChI=1S/C25H30ClN11O6/c1-33-11-15(30-14-38)8-18(33)23(40)31-16-9-20(34(2)12-16)24(41)37(25(42)36(32-43)7-5-26)17-10-19(35(3)13-17)22(39)29-6-4-21(27)28/h8-14H,4-7H2,1-3H3,(H3,27,28)(H,29,39)(H,30,38)(H,31,40). The van der Waals surface area contributed by atoms with Crippen LogP contribution in [0.15, 0.2) is 42.1 Å². The Labute approximate surface area is 250 Å². The van der Waals surface area contributed by atoms with Gasteiger partial charge in [0.2, 0.25) is 6.41 Å². The Morgan fingerprint density at radius 1 is 0.977 bits per heavy atom. The van der Waals surface area contributed by atoms with Gasteiger partial charge in [-0.15, -0.1) is 16.5 Å². The van der Waals surface area contributed by atoms with E-state index in [0.717, 1.165) is 0 Å². The SMILES string of the molecule is Cn1cc(N(C(=O)c2cc(NC(=O)c3cc(NC=O)cn3C)cn2C)C(=O)N(CCCl)N=O)cc1C(=O)NCCC(=N)N. The molecule has 0 saturated carbocycles. The van der Waals surface area contributed by atoms with Gasteiger partial charge in [0.1, 0.15) is 17.1 Å². The highest BCUT2D eigenvalue weighted by molar-refractivity contribution is 6.21. The Kier molecular flexibility index (Phi) is 10.4. The third-order valence-corrected chi connectivity index (χ3v) is 6.29. The lowest BCUT2D eigenvalue weighted by atomic mass is 10.3.